The summed E-state index contributed by atoms with van der Waals surface area (Å²) in [5.41, 5.74) is 5.18. The Bertz CT molecular complexity index is 1210. The molecule has 7 heteroatoms. The van der Waals surface area contributed by atoms with Gasteiger partial charge in [-0.3, -0.25) is 0 Å². The number of hydrogen-bond acceptors (Lipinski definition) is 1. The number of aromatic nitrogens is 2. The molecule has 33 heavy (non-hydrogen) atoms. The highest BCUT2D eigenvalue weighted by molar-refractivity contribution is 6.93. The minimum absolute atomic E-state index is 0.0346. The molecule has 0 aliphatic heterocycles. The maximum Gasteiger partial charge on any atom is 0.240 e. The van der Waals surface area contributed by atoms with Crippen molar-refractivity contribution in [3.8, 4) is 0 Å². The van der Waals surface area contributed by atoms with Gasteiger partial charge < -0.3 is 4.98 Å². The van der Waals surface area contributed by atoms with Gasteiger partial charge in [0.25, 0.3) is 0 Å². The number of nitrogens with zero attached hydrogens (tertiary/aromatic N) is 1. The summed E-state index contributed by atoms with van der Waals surface area (Å²) in [6.07, 6.45) is 2.50. The lowest BCUT2D eigenvalue weighted by atomic mass is 9.37. The van der Waals surface area contributed by atoms with Gasteiger partial charge in [-0.1, -0.05) is 107 Å². The Hall–Kier alpha value is -2.17. The largest absolute Gasteiger partial charge is 0.346 e. The molecule has 0 aliphatic rings. The van der Waals surface area contributed by atoms with E-state index < -0.39 is 0 Å². The van der Waals surface area contributed by atoms with Crippen LogP contribution in [0.5, 0.6) is 0 Å². The lowest BCUT2D eigenvalue weighted by Crippen LogP contribution is -2.44. The number of aryl methyl sites for hydroxylation is 1. The highest BCUT2D eigenvalue weighted by Gasteiger charge is 2.24. The number of hydrogen-bond donors (Lipinski definition) is 1. The highest BCUT2D eigenvalue weighted by Crippen LogP contribution is 2.22. The van der Waals surface area contributed by atoms with Gasteiger partial charge in [0.1, 0.15) is 5.82 Å². The molecule has 3 aromatic carbocycles. The predicted molar refractivity (Wildman–Crippen MR) is 145 cm³/mol. The molecule has 2 nitrogen and oxygen atoms in total. The maximum atomic E-state index is 6.28. The van der Waals surface area contributed by atoms with Crippen LogP contribution in [0.15, 0.2) is 85.0 Å². The Balaban J connectivity index is 0.000000189. The van der Waals surface area contributed by atoms with E-state index in [4.69, 9.17) is 46.4 Å². The average molecular weight is 516 g/mol. The zero-order valence-electron chi connectivity index (χ0n) is 18.4. The van der Waals surface area contributed by atoms with Gasteiger partial charge in [-0.15, -0.1) is 12.1 Å². The minimum Gasteiger partial charge on any atom is -0.346 e. The number of allylic oxidation sites excluding steroid dienone is 1. The summed E-state index contributed by atoms with van der Waals surface area (Å²) < 4.78 is 0. The molecule has 0 atom stereocenters. The van der Waals surface area contributed by atoms with Crippen molar-refractivity contribution >= 4 is 64.0 Å². The predicted octanol–water partition coefficient (Wildman–Crippen LogP) is 7.33. The molecule has 1 heterocycles. The highest BCUT2D eigenvalue weighted by atomic mass is 35.5. The summed E-state index contributed by atoms with van der Waals surface area (Å²) in [7, 11) is 0. The molecule has 0 unspecified atom stereocenters. The number of halogens is 4. The van der Waals surface area contributed by atoms with Gasteiger partial charge in [-0.2, -0.15) is 0 Å². The van der Waals surface area contributed by atoms with Crippen molar-refractivity contribution in [2.24, 2.45) is 0 Å². The summed E-state index contributed by atoms with van der Waals surface area (Å²) in [6, 6.07) is 21.1. The summed E-state index contributed by atoms with van der Waals surface area (Å²) in [5.74, 6) is 0.914. The van der Waals surface area contributed by atoms with E-state index in [0.29, 0.717) is 16.5 Å². The molecule has 0 saturated carbocycles. The molecule has 0 spiro atoms. The number of nitrogens with one attached hydrogen (secondary N) is 1. The zero-order valence-corrected chi connectivity index (χ0v) is 21.4. The third-order valence-electron chi connectivity index (χ3n) is 5.05. The zero-order chi connectivity index (χ0) is 24.0. The lowest BCUT2D eigenvalue weighted by Gasteiger charge is -2.17. The van der Waals surface area contributed by atoms with E-state index in [1.54, 1.807) is 12.3 Å². The first kappa shape index (κ1) is 25.5. The molecule has 4 rings (SSSR count). The minimum atomic E-state index is 0.0346. The first-order chi connectivity index (χ1) is 15.8. The monoisotopic (exact) mass is 514 g/mol. The van der Waals surface area contributed by atoms with Gasteiger partial charge in [0, 0.05) is 38.4 Å². The number of rotatable bonds is 5. The summed E-state index contributed by atoms with van der Waals surface area (Å²) >= 11 is 24.4. The first-order valence-electron chi connectivity index (χ1n) is 10.3. The Labute approximate surface area is 215 Å². The molecule has 0 bridgehead atoms. The van der Waals surface area contributed by atoms with E-state index in [1.165, 1.54) is 0 Å². The van der Waals surface area contributed by atoms with Crippen LogP contribution in [0, 0.1) is 6.92 Å². The summed E-state index contributed by atoms with van der Waals surface area (Å²) in [4.78, 5) is 7.39. The van der Waals surface area contributed by atoms with E-state index in [-0.39, 0.29) is 6.71 Å². The standard InChI is InChI=1S/C15H13BCl2.C11H10Cl2N2/c1-11(2)16(12-7-3-5-9-14(12)17)13-8-4-6-10-15(13)18;1-7-6-14-11(15-7)4-8-2-3-9(12)5-10(8)13/h3-10H,1H2,2H3;2-3,5-6H,4H2,1H3,(H,14,15). The van der Waals surface area contributed by atoms with Crippen LogP contribution in [-0.2, 0) is 6.42 Å². The maximum absolute atomic E-state index is 6.28. The number of H-pyrrole nitrogens is 1. The van der Waals surface area contributed by atoms with Crippen molar-refractivity contribution in [3.63, 3.8) is 0 Å². The third kappa shape index (κ3) is 6.91. The van der Waals surface area contributed by atoms with E-state index >= 15 is 0 Å². The van der Waals surface area contributed by atoms with Crippen molar-refractivity contribution in [3.05, 3.63) is 122 Å². The van der Waals surface area contributed by atoms with Gasteiger partial charge in [-0.05, 0) is 36.8 Å². The average Bonchev–Trinajstić information content (AvgIpc) is 3.18. The fraction of sp³-hybridized carbons (Fsp3) is 0.115. The van der Waals surface area contributed by atoms with E-state index in [1.807, 2.05) is 74.5 Å². The van der Waals surface area contributed by atoms with Gasteiger partial charge >= 0.3 is 0 Å². The smallest absolute Gasteiger partial charge is 0.240 e. The second kappa shape index (κ2) is 11.8. The van der Waals surface area contributed by atoms with Crippen LogP contribution in [0.3, 0.4) is 0 Å². The molecule has 168 valence electrons. The Morgan fingerprint density at radius 2 is 1.45 bits per heavy atom. The molecule has 0 radical (unpaired) electrons. The van der Waals surface area contributed by atoms with E-state index in [9.17, 15) is 0 Å². The molecule has 0 fully saturated rings. The molecule has 0 saturated heterocycles. The summed E-state index contributed by atoms with van der Waals surface area (Å²) in [5, 5.41) is 2.81. The molecular weight excluding hydrogens is 493 g/mol. The van der Waals surface area contributed by atoms with Crippen LogP contribution >= 0.6 is 46.4 Å². The van der Waals surface area contributed by atoms with Crippen LogP contribution in [0.4, 0.5) is 0 Å². The lowest BCUT2D eigenvalue weighted by molar-refractivity contribution is 1.02. The van der Waals surface area contributed by atoms with Crippen molar-refractivity contribution < 1.29 is 0 Å². The van der Waals surface area contributed by atoms with Crippen molar-refractivity contribution in [1.29, 1.82) is 0 Å². The Kier molecular flexibility index (Phi) is 9.11. The molecule has 1 aromatic heterocycles. The van der Waals surface area contributed by atoms with Gasteiger partial charge in [-0.25, -0.2) is 4.98 Å². The summed E-state index contributed by atoms with van der Waals surface area (Å²) in [6.45, 7) is 8.08. The fourth-order valence-corrected chi connectivity index (χ4v) is 4.48. The Morgan fingerprint density at radius 1 is 0.879 bits per heavy atom. The van der Waals surface area contributed by atoms with Crippen LogP contribution in [0.25, 0.3) is 0 Å². The van der Waals surface area contributed by atoms with Crippen molar-refractivity contribution in [2.75, 3.05) is 0 Å². The van der Waals surface area contributed by atoms with Gasteiger partial charge in [0.15, 0.2) is 0 Å². The van der Waals surface area contributed by atoms with Crippen LogP contribution < -0.4 is 10.9 Å². The molecular formula is C26H23BCl4N2. The van der Waals surface area contributed by atoms with Gasteiger partial charge in [0.05, 0.1) is 0 Å². The number of imidazole rings is 1. The SMILES string of the molecule is C=C(C)B(c1ccccc1Cl)c1ccccc1Cl.Cc1cnc(Cc2ccc(Cl)cc2Cl)[nH]1. The number of aromatic amines is 1. The molecule has 0 aliphatic carbocycles. The second-order valence-corrected chi connectivity index (χ2v) is 9.41. The normalized spacial score (nSPS) is 10.4. The molecule has 1 N–H and O–H groups in total. The van der Waals surface area contributed by atoms with Gasteiger partial charge in [0.2, 0.25) is 6.71 Å². The second-order valence-electron chi connectivity index (χ2n) is 7.75. The molecule has 0 amide bonds. The van der Waals surface area contributed by atoms with Crippen LogP contribution in [0.2, 0.25) is 20.1 Å². The quantitative estimate of drug-likeness (QED) is 0.277. The van der Waals surface area contributed by atoms with Crippen molar-refractivity contribution in [1.82, 2.24) is 9.97 Å². The fourth-order valence-electron chi connectivity index (χ4n) is 3.52. The van der Waals surface area contributed by atoms with Crippen LogP contribution in [-0.4, -0.2) is 16.7 Å². The third-order valence-corrected chi connectivity index (χ3v) is 6.33. The van der Waals surface area contributed by atoms with E-state index in [0.717, 1.165) is 43.5 Å². The number of benzene rings is 3. The first-order valence-corrected chi connectivity index (χ1v) is 11.9. The van der Waals surface area contributed by atoms with Crippen molar-refractivity contribution in [2.45, 2.75) is 20.3 Å². The molecule has 4 aromatic rings. The van der Waals surface area contributed by atoms with Crippen LogP contribution in [0.1, 0.15) is 24.0 Å². The van der Waals surface area contributed by atoms with E-state index in [2.05, 4.69) is 16.5 Å². The topological polar surface area (TPSA) is 28.7 Å². The Morgan fingerprint density at radius 3 is 1.91 bits per heavy atom.